The summed E-state index contributed by atoms with van der Waals surface area (Å²) in [5.41, 5.74) is 5.33. The van der Waals surface area contributed by atoms with Gasteiger partial charge in [-0.05, 0) is 19.8 Å². The van der Waals surface area contributed by atoms with Gasteiger partial charge < -0.3 is 15.4 Å². The van der Waals surface area contributed by atoms with E-state index >= 15 is 0 Å². The summed E-state index contributed by atoms with van der Waals surface area (Å²) < 4.78 is 6.35. The van der Waals surface area contributed by atoms with E-state index in [4.69, 9.17) is 10.5 Å². The maximum Gasteiger partial charge on any atom is 0.328 e. The molecule has 2 heterocycles. The summed E-state index contributed by atoms with van der Waals surface area (Å²) in [6.07, 6.45) is 2.57. The first kappa shape index (κ1) is 13.3. The van der Waals surface area contributed by atoms with Crippen molar-refractivity contribution >= 4 is 17.8 Å². The average molecular weight is 267 g/mol. The fraction of sp³-hybridized carbons (Fsp3) is 0.636. The van der Waals surface area contributed by atoms with Crippen molar-refractivity contribution < 1.29 is 14.3 Å². The molecule has 0 saturated carbocycles. The first-order valence-electron chi connectivity index (χ1n) is 6.19. The maximum atomic E-state index is 11.9. The number of amides is 1. The van der Waals surface area contributed by atoms with Crippen molar-refractivity contribution in [3.63, 3.8) is 0 Å². The van der Waals surface area contributed by atoms with Gasteiger partial charge in [0.25, 0.3) is 5.91 Å². The molecule has 1 aromatic heterocycles. The summed E-state index contributed by atoms with van der Waals surface area (Å²) in [6, 6.07) is 0. The Morgan fingerprint density at radius 2 is 2.16 bits per heavy atom. The molecule has 0 bridgehead atoms. The van der Waals surface area contributed by atoms with Gasteiger partial charge in [-0.2, -0.15) is 0 Å². The predicted molar refractivity (Wildman–Crippen MR) is 65.8 cm³/mol. The molecule has 0 aliphatic carbocycles. The van der Waals surface area contributed by atoms with Crippen LogP contribution in [0.1, 0.15) is 19.8 Å². The number of rotatable bonds is 4. The number of ether oxygens (including phenoxy) is 1. The molecule has 19 heavy (non-hydrogen) atoms. The van der Waals surface area contributed by atoms with Gasteiger partial charge in [0.15, 0.2) is 6.10 Å². The van der Waals surface area contributed by atoms with E-state index in [-0.39, 0.29) is 18.4 Å². The highest BCUT2D eigenvalue weighted by Crippen LogP contribution is 2.10. The third kappa shape index (κ3) is 3.43. The topological polar surface area (TPSA) is 103 Å². The molecule has 1 fully saturated rings. The molecule has 1 amide bonds. The molecular weight excluding hydrogens is 250 g/mol. The Kier molecular flexibility index (Phi) is 3.98. The van der Waals surface area contributed by atoms with E-state index in [1.807, 2.05) is 0 Å². The molecule has 2 rings (SSSR count). The van der Waals surface area contributed by atoms with Crippen LogP contribution in [0.15, 0.2) is 6.33 Å². The predicted octanol–water partition coefficient (Wildman–Crippen LogP) is -0.586. The lowest BCUT2D eigenvalue weighted by atomic mass is 10.3. The molecule has 0 spiro atoms. The van der Waals surface area contributed by atoms with Crippen LogP contribution in [-0.2, 0) is 20.9 Å². The van der Waals surface area contributed by atoms with Crippen molar-refractivity contribution in [1.29, 1.82) is 0 Å². The second kappa shape index (κ2) is 5.68. The van der Waals surface area contributed by atoms with Gasteiger partial charge in [0.1, 0.15) is 12.9 Å². The lowest BCUT2D eigenvalue weighted by molar-refractivity contribution is -0.159. The number of likely N-dealkylation sites (tertiary alicyclic amines) is 1. The van der Waals surface area contributed by atoms with E-state index in [0.717, 1.165) is 25.9 Å². The van der Waals surface area contributed by atoms with E-state index < -0.39 is 12.1 Å². The quantitative estimate of drug-likeness (QED) is 0.732. The molecule has 1 aliphatic rings. The largest absolute Gasteiger partial charge is 0.451 e. The molecule has 0 radical (unpaired) electrons. The zero-order valence-corrected chi connectivity index (χ0v) is 10.8. The smallest absolute Gasteiger partial charge is 0.328 e. The van der Waals surface area contributed by atoms with Gasteiger partial charge in [0.05, 0.1) is 0 Å². The van der Waals surface area contributed by atoms with Gasteiger partial charge in [-0.3, -0.25) is 9.59 Å². The summed E-state index contributed by atoms with van der Waals surface area (Å²) in [5, 5.41) is 3.77. The zero-order valence-electron chi connectivity index (χ0n) is 10.8. The Morgan fingerprint density at radius 3 is 2.74 bits per heavy atom. The number of carbonyl (C=O) groups is 2. The fourth-order valence-corrected chi connectivity index (χ4v) is 2.00. The zero-order chi connectivity index (χ0) is 13.8. The van der Waals surface area contributed by atoms with Crippen LogP contribution < -0.4 is 5.73 Å². The van der Waals surface area contributed by atoms with Crippen LogP contribution in [0.4, 0.5) is 5.95 Å². The molecule has 1 saturated heterocycles. The minimum atomic E-state index is -0.772. The lowest BCUT2D eigenvalue weighted by Gasteiger charge is -2.20. The first-order chi connectivity index (χ1) is 9.06. The number of carbonyl (C=O) groups excluding carboxylic acids is 2. The van der Waals surface area contributed by atoms with Crippen molar-refractivity contribution in [2.75, 3.05) is 18.8 Å². The Labute approximate surface area is 110 Å². The number of esters is 1. The summed E-state index contributed by atoms with van der Waals surface area (Å²) in [7, 11) is 0. The highest BCUT2D eigenvalue weighted by atomic mass is 16.5. The number of aromatic nitrogens is 3. The van der Waals surface area contributed by atoms with Gasteiger partial charge in [0, 0.05) is 13.1 Å². The van der Waals surface area contributed by atoms with E-state index in [9.17, 15) is 9.59 Å². The number of nitrogens with two attached hydrogens (primary N) is 1. The van der Waals surface area contributed by atoms with Crippen LogP contribution in [0, 0.1) is 0 Å². The van der Waals surface area contributed by atoms with Crippen LogP contribution in [0.2, 0.25) is 0 Å². The van der Waals surface area contributed by atoms with Gasteiger partial charge in [-0.15, -0.1) is 5.10 Å². The summed E-state index contributed by atoms with van der Waals surface area (Å²) >= 11 is 0. The van der Waals surface area contributed by atoms with Crippen molar-refractivity contribution in [2.24, 2.45) is 0 Å². The van der Waals surface area contributed by atoms with Crippen LogP contribution in [0.3, 0.4) is 0 Å². The first-order valence-corrected chi connectivity index (χ1v) is 6.19. The minimum absolute atomic E-state index is 0.0917. The van der Waals surface area contributed by atoms with E-state index in [0.29, 0.717) is 0 Å². The van der Waals surface area contributed by atoms with Crippen molar-refractivity contribution in [2.45, 2.75) is 32.4 Å². The molecule has 8 nitrogen and oxygen atoms in total. The fourth-order valence-electron chi connectivity index (χ4n) is 2.00. The minimum Gasteiger partial charge on any atom is -0.451 e. The summed E-state index contributed by atoms with van der Waals surface area (Å²) in [6.45, 7) is 2.94. The van der Waals surface area contributed by atoms with Gasteiger partial charge in [0.2, 0.25) is 5.95 Å². The summed E-state index contributed by atoms with van der Waals surface area (Å²) in [5.74, 6) is -0.595. The maximum absolute atomic E-state index is 11.9. The Hall–Kier alpha value is -2.12. The molecule has 8 heteroatoms. The molecule has 1 aromatic rings. The van der Waals surface area contributed by atoms with Crippen LogP contribution >= 0.6 is 0 Å². The molecule has 104 valence electrons. The average Bonchev–Trinajstić information content (AvgIpc) is 2.99. The SMILES string of the molecule is CC(OC(=O)Cn1cnc(N)n1)C(=O)N1CCCC1. The molecule has 1 aliphatic heterocycles. The van der Waals surface area contributed by atoms with E-state index in [1.165, 1.54) is 11.0 Å². The highest BCUT2D eigenvalue weighted by Gasteiger charge is 2.25. The van der Waals surface area contributed by atoms with Gasteiger partial charge >= 0.3 is 5.97 Å². The van der Waals surface area contributed by atoms with E-state index in [1.54, 1.807) is 11.8 Å². The second-order valence-corrected chi connectivity index (χ2v) is 4.46. The Bertz CT molecular complexity index is 467. The third-order valence-corrected chi connectivity index (χ3v) is 2.92. The number of anilines is 1. The molecule has 1 unspecified atom stereocenters. The third-order valence-electron chi connectivity index (χ3n) is 2.92. The lowest BCUT2D eigenvalue weighted by Crippen LogP contribution is -2.38. The Morgan fingerprint density at radius 1 is 1.47 bits per heavy atom. The molecule has 0 aromatic carbocycles. The van der Waals surface area contributed by atoms with Gasteiger partial charge in [-0.1, -0.05) is 0 Å². The van der Waals surface area contributed by atoms with Crippen molar-refractivity contribution in [1.82, 2.24) is 19.7 Å². The van der Waals surface area contributed by atoms with Crippen molar-refractivity contribution in [3.8, 4) is 0 Å². The van der Waals surface area contributed by atoms with Crippen LogP contribution in [0.5, 0.6) is 0 Å². The molecular formula is C11H17N5O3. The molecule has 2 N–H and O–H groups in total. The van der Waals surface area contributed by atoms with E-state index in [2.05, 4.69) is 10.1 Å². The van der Waals surface area contributed by atoms with Crippen LogP contribution in [0.25, 0.3) is 0 Å². The number of nitrogen functional groups attached to an aromatic ring is 1. The van der Waals surface area contributed by atoms with Gasteiger partial charge in [-0.25, -0.2) is 9.67 Å². The standard InChI is InChI=1S/C11H17N5O3/c1-8(10(18)15-4-2-3-5-15)19-9(17)6-16-7-13-11(12)14-16/h7-8H,2-6H2,1H3,(H2,12,14). The summed E-state index contributed by atoms with van der Waals surface area (Å²) in [4.78, 5) is 29.0. The number of nitrogens with zero attached hydrogens (tertiary/aromatic N) is 4. The van der Waals surface area contributed by atoms with Crippen LogP contribution in [-0.4, -0.2) is 50.7 Å². The highest BCUT2D eigenvalue weighted by molar-refractivity contribution is 5.83. The molecule has 1 atom stereocenters. The monoisotopic (exact) mass is 267 g/mol. The Balaban J connectivity index is 1.82. The number of hydrogen-bond donors (Lipinski definition) is 1. The normalized spacial score (nSPS) is 16.4. The number of hydrogen-bond acceptors (Lipinski definition) is 6. The van der Waals surface area contributed by atoms with Crippen molar-refractivity contribution in [3.05, 3.63) is 6.33 Å². The second-order valence-electron chi connectivity index (χ2n) is 4.46.